The molecule has 0 amide bonds. The predicted octanol–water partition coefficient (Wildman–Crippen LogP) is 2.21. The summed E-state index contributed by atoms with van der Waals surface area (Å²) in [4.78, 5) is 0. The molecule has 96 valence electrons. The zero-order chi connectivity index (χ0) is 12.0. The Morgan fingerprint density at radius 2 is 1.94 bits per heavy atom. The summed E-state index contributed by atoms with van der Waals surface area (Å²) in [6.45, 7) is 9.36. The van der Waals surface area contributed by atoms with Crippen molar-refractivity contribution in [1.29, 1.82) is 0 Å². The summed E-state index contributed by atoms with van der Waals surface area (Å²) >= 11 is 0. The molecule has 0 aromatic rings. The van der Waals surface area contributed by atoms with Crippen molar-refractivity contribution in [1.82, 2.24) is 5.32 Å². The van der Waals surface area contributed by atoms with Crippen molar-refractivity contribution in [3.8, 4) is 0 Å². The van der Waals surface area contributed by atoms with Crippen molar-refractivity contribution < 1.29 is 9.47 Å². The number of ether oxygens (including phenoxy) is 2. The molecule has 1 unspecified atom stereocenters. The molecule has 16 heavy (non-hydrogen) atoms. The number of hydrogen-bond acceptors (Lipinski definition) is 3. The van der Waals surface area contributed by atoms with Crippen molar-refractivity contribution in [2.24, 2.45) is 5.92 Å². The lowest BCUT2D eigenvalue weighted by atomic mass is 9.81. The molecule has 1 atom stereocenters. The molecule has 0 aliphatic carbocycles. The molecule has 1 saturated heterocycles. The molecule has 1 heterocycles. The van der Waals surface area contributed by atoms with E-state index in [1.165, 1.54) is 6.42 Å². The maximum Gasteiger partial charge on any atom is 0.0874 e. The topological polar surface area (TPSA) is 30.5 Å². The maximum absolute atomic E-state index is 5.85. The number of likely N-dealkylation sites (N-methyl/N-ethyl adjacent to an activating group) is 1. The van der Waals surface area contributed by atoms with Crippen molar-refractivity contribution in [2.75, 3.05) is 26.9 Å². The van der Waals surface area contributed by atoms with Crippen molar-refractivity contribution in [3.05, 3.63) is 0 Å². The molecule has 0 spiro atoms. The second kappa shape index (κ2) is 6.58. The molecule has 1 aliphatic rings. The lowest BCUT2D eigenvalue weighted by molar-refractivity contribution is -0.113. The number of nitrogens with one attached hydrogen (secondary N) is 1. The minimum absolute atomic E-state index is 0.0153. The van der Waals surface area contributed by atoms with E-state index in [0.29, 0.717) is 12.0 Å². The number of methoxy groups -OCH3 is 1. The SMILES string of the molecule is CCNC(CC(C)C)C1(OC)CCOCC1. The maximum atomic E-state index is 5.85. The average molecular weight is 229 g/mol. The largest absolute Gasteiger partial charge is 0.381 e. The van der Waals surface area contributed by atoms with Crippen LogP contribution in [0.3, 0.4) is 0 Å². The summed E-state index contributed by atoms with van der Waals surface area (Å²) in [6, 6.07) is 0.450. The quantitative estimate of drug-likeness (QED) is 0.757. The zero-order valence-electron chi connectivity index (χ0n) is 11.2. The Morgan fingerprint density at radius 1 is 1.31 bits per heavy atom. The summed E-state index contributed by atoms with van der Waals surface area (Å²) in [6.07, 6.45) is 3.18. The van der Waals surface area contributed by atoms with Gasteiger partial charge in [0.05, 0.1) is 5.60 Å². The van der Waals surface area contributed by atoms with Gasteiger partial charge in [-0.05, 0) is 18.9 Å². The standard InChI is InChI=1S/C13H27NO2/c1-5-14-12(10-11(2)3)13(15-4)6-8-16-9-7-13/h11-12,14H,5-10H2,1-4H3. The highest BCUT2D eigenvalue weighted by Gasteiger charge is 2.40. The van der Waals surface area contributed by atoms with E-state index in [-0.39, 0.29) is 5.60 Å². The molecule has 0 bridgehead atoms. The van der Waals surface area contributed by atoms with Crippen LogP contribution in [0.2, 0.25) is 0 Å². The summed E-state index contributed by atoms with van der Waals surface area (Å²) < 4.78 is 11.3. The van der Waals surface area contributed by atoms with Gasteiger partial charge in [-0.1, -0.05) is 20.8 Å². The van der Waals surface area contributed by atoms with Gasteiger partial charge in [-0.25, -0.2) is 0 Å². The molecule has 0 aromatic heterocycles. The first kappa shape index (κ1) is 13.9. The van der Waals surface area contributed by atoms with Gasteiger partial charge in [-0.3, -0.25) is 0 Å². The van der Waals surface area contributed by atoms with Crippen LogP contribution in [0.1, 0.15) is 40.0 Å². The highest BCUT2D eigenvalue weighted by atomic mass is 16.5. The van der Waals surface area contributed by atoms with E-state index in [2.05, 4.69) is 26.1 Å². The smallest absolute Gasteiger partial charge is 0.0874 e. The highest BCUT2D eigenvalue weighted by molar-refractivity contribution is 4.95. The van der Waals surface area contributed by atoms with E-state index in [1.807, 2.05) is 7.11 Å². The fraction of sp³-hybridized carbons (Fsp3) is 1.00. The van der Waals surface area contributed by atoms with Crippen LogP contribution in [0.25, 0.3) is 0 Å². The van der Waals surface area contributed by atoms with E-state index in [0.717, 1.165) is 32.6 Å². The average Bonchev–Trinajstić information content (AvgIpc) is 2.29. The number of hydrogen-bond donors (Lipinski definition) is 1. The van der Waals surface area contributed by atoms with Crippen LogP contribution in [0, 0.1) is 5.92 Å². The molecule has 0 aromatic carbocycles. The minimum Gasteiger partial charge on any atom is -0.381 e. The van der Waals surface area contributed by atoms with Gasteiger partial charge in [0.25, 0.3) is 0 Å². The molecule has 1 aliphatic heterocycles. The highest BCUT2D eigenvalue weighted by Crippen LogP contribution is 2.31. The Labute approximate surface area is 99.9 Å². The molecule has 0 radical (unpaired) electrons. The summed E-state index contributed by atoms with van der Waals surface area (Å²) in [5, 5.41) is 3.59. The van der Waals surface area contributed by atoms with Crippen LogP contribution >= 0.6 is 0 Å². The van der Waals surface area contributed by atoms with Crippen molar-refractivity contribution in [2.45, 2.75) is 51.7 Å². The third kappa shape index (κ3) is 3.44. The van der Waals surface area contributed by atoms with Gasteiger partial charge in [0.2, 0.25) is 0 Å². The molecule has 0 saturated carbocycles. The fourth-order valence-corrected chi connectivity index (χ4v) is 2.61. The summed E-state index contributed by atoms with van der Waals surface area (Å²) in [5.41, 5.74) is -0.0153. The van der Waals surface area contributed by atoms with Gasteiger partial charge in [0, 0.05) is 39.2 Å². The molecule has 3 heteroatoms. The third-order valence-corrected chi connectivity index (χ3v) is 3.54. The van der Waals surface area contributed by atoms with Crippen LogP contribution in [0.5, 0.6) is 0 Å². The van der Waals surface area contributed by atoms with E-state index < -0.39 is 0 Å². The molecule has 1 rings (SSSR count). The van der Waals surface area contributed by atoms with Crippen LogP contribution in [0.4, 0.5) is 0 Å². The second-order valence-corrected chi connectivity index (χ2v) is 5.12. The van der Waals surface area contributed by atoms with E-state index in [1.54, 1.807) is 0 Å². The van der Waals surface area contributed by atoms with Gasteiger partial charge in [-0.15, -0.1) is 0 Å². The first-order chi connectivity index (χ1) is 7.64. The van der Waals surface area contributed by atoms with E-state index >= 15 is 0 Å². The lowest BCUT2D eigenvalue weighted by Crippen LogP contribution is -2.55. The Balaban J connectivity index is 2.70. The third-order valence-electron chi connectivity index (χ3n) is 3.54. The summed E-state index contributed by atoms with van der Waals surface area (Å²) in [7, 11) is 1.84. The van der Waals surface area contributed by atoms with E-state index in [9.17, 15) is 0 Å². The Bertz CT molecular complexity index is 188. The van der Waals surface area contributed by atoms with Gasteiger partial charge in [0.1, 0.15) is 0 Å². The monoisotopic (exact) mass is 229 g/mol. The van der Waals surface area contributed by atoms with Crippen LogP contribution < -0.4 is 5.32 Å². The lowest BCUT2D eigenvalue weighted by Gasteiger charge is -2.43. The Hall–Kier alpha value is -0.120. The minimum atomic E-state index is -0.0153. The normalized spacial score (nSPS) is 22.3. The molecule has 1 N–H and O–H groups in total. The summed E-state index contributed by atoms with van der Waals surface area (Å²) in [5.74, 6) is 0.693. The van der Waals surface area contributed by atoms with Gasteiger partial charge >= 0.3 is 0 Å². The molecular formula is C13H27NO2. The molecule has 3 nitrogen and oxygen atoms in total. The van der Waals surface area contributed by atoms with E-state index in [4.69, 9.17) is 9.47 Å². The molecule has 1 fully saturated rings. The first-order valence-electron chi connectivity index (χ1n) is 6.51. The zero-order valence-corrected chi connectivity index (χ0v) is 11.2. The van der Waals surface area contributed by atoms with Crippen molar-refractivity contribution >= 4 is 0 Å². The fourth-order valence-electron chi connectivity index (χ4n) is 2.61. The Kier molecular flexibility index (Phi) is 5.73. The van der Waals surface area contributed by atoms with Crippen LogP contribution in [-0.2, 0) is 9.47 Å². The number of rotatable bonds is 6. The van der Waals surface area contributed by atoms with Gasteiger partial charge in [-0.2, -0.15) is 0 Å². The first-order valence-corrected chi connectivity index (χ1v) is 6.51. The second-order valence-electron chi connectivity index (χ2n) is 5.12. The van der Waals surface area contributed by atoms with Crippen molar-refractivity contribution in [3.63, 3.8) is 0 Å². The van der Waals surface area contributed by atoms with Crippen LogP contribution in [0.15, 0.2) is 0 Å². The van der Waals surface area contributed by atoms with Crippen LogP contribution in [-0.4, -0.2) is 38.5 Å². The molecular weight excluding hydrogens is 202 g/mol. The van der Waals surface area contributed by atoms with Gasteiger partial charge < -0.3 is 14.8 Å². The van der Waals surface area contributed by atoms with Gasteiger partial charge in [0.15, 0.2) is 0 Å². The Morgan fingerprint density at radius 3 is 2.38 bits per heavy atom. The predicted molar refractivity (Wildman–Crippen MR) is 66.7 cm³/mol.